The molecular formula is C20H18N6O2. The van der Waals surface area contributed by atoms with Gasteiger partial charge in [-0.2, -0.15) is 9.97 Å². The van der Waals surface area contributed by atoms with Crippen LogP contribution in [-0.2, 0) is 6.42 Å². The molecule has 5 rings (SSSR count). The molecule has 8 heteroatoms. The lowest BCUT2D eigenvalue weighted by Gasteiger charge is -2.11. The average Bonchev–Trinajstić information content (AvgIpc) is 3.31. The predicted octanol–water partition coefficient (Wildman–Crippen LogP) is 3.43. The SMILES string of the molecule is CCc1nc2ccccc2n1-c1cc(N)nc(Nc2ccc3c(c2)OCO3)n1. The van der Waals surface area contributed by atoms with Gasteiger partial charge in [-0.05, 0) is 24.3 Å². The third-order valence-corrected chi connectivity index (χ3v) is 4.54. The van der Waals surface area contributed by atoms with Crippen LogP contribution in [0.5, 0.6) is 11.5 Å². The third-order valence-electron chi connectivity index (χ3n) is 4.54. The van der Waals surface area contributed by atoms with Crippen LogP contribution in [0.2, 0.25) is 0 Å². The summed E-state index contributed by atoms with van der Waals surface area (Å²) in [4.78, 5) is 13.7. The number of benzene rings is 2. The van der Waals surface area contributed by atoms with E-state index < -0.39 is 0 Å². The van der Waals surface area contributed by atoms with Gasteiger partial charge in [0.2, 0.25) is 12.7 Å². The number of hydrogen-bond donors (Lipinski definition) is 2. The van der Waals surface area contributed by atoms with Crippen LogP contribution >= 0.6 is 0 Å². The summed E-state index contributed by atoms with van der Waals surface area (Å²) in [6, 6.07) is 15.3. The Labute approximate surface area is 161 Å². The van der Waals surface area contributed by atoms with Crippen molar-refractivity contribution in [2.24, 2.45) is 0 Å². The van der Waals surface area contributed by atoms with E-state index in [1.54, 1.807) is 6.07 Å². The molecule has 3 N–H and O–H groups in total. The van der Waals surface area contributed by atoms with Gasteiger partial charge in [-0.1, -0.05) is 19.1 Å². The lowest BCUT2D eigenvalue weighted by atomic mass is 10.3. The smallest absolute Gasteiger partial charge is 0.231 e. The fourth-order valence-electron chi connectivity index (χ4n) is 3.30. The molecule has 4 aromatic rings. The number of para-hydroxylation sites is 2. The van der Waals surface area contributed by atoms with Gasteiger partial charge >= 0.3 is 0 Å². The topological polar surface area (TPSA) is 100 Å². The molecule has 1 aliphatic rings. The summed E-state index contributed by atoms with van der Waals surface area (Å²) in [5, 5.41) is 3.19. The second-order valence-corrected chi connectivity index (χ2v) is 6.37. The second-order valence-electron chi connectivity index (χ2n) is 6.37. The average molecular weight is 374 g/mol. The van der Waals surface area contributed by atoms with Crippen molar-refractivity contribution in [3.63, 3.8) is 0 Å². The first-order chi connectivity index (χ1) is 13.7. The molecule has 1 aliphatic heterocycles. The molecule has 0 fully saturated rings. The number of nitrogen functional groups attached to an aromatic ring is 1. The van der Waals surface area contributed by atoms with E-state index in [-0.39, 0.29) is 6.79 Å². The standard InChI is InChI=1S/C20H18N6O2/c1-2-18-23-13-5-3-4-6-14(13)26(18)19-10-17(21)24-20(25-19)22-12-7-8-15-16(9-12)28-11-27-15/h3-10H,2,11H2,1H3,(H3,21,22,24,25). The van der Waals surface area contributed by atoms with Gasteiger partial charge < -0.3 is 20.5 Å². The highest BCUT2D eigenvalue weighted by Gasteiger charge is 2.16. The van der Waals surface area contributed by atoms with Crippen molar-refractivity contribution in [2.45, 2.75) is 13.3 Å². The maximum Gasteiger partial charge on any atom is 0.231 e. The van der Waals surface area contributed by atoms with Crippen molar-refractivity contribution in [3.05, 3.63) is 54.4 Å². The predicted molar refractivity (Wildman–Crippen MR) is 106 cm³/mol. The molecule has 0 aliphatic carbocycles. The largest absolute Gasteiger partial charge is 0.454 e. The minimum absolute atomic E-state index is 0.227. The fourth-order valence-corrected chi connectivity index (χ4v) is 3.30. The van der Waals surface area contributed by atoms with Gasteiger partial charge in [-0.25, -0.2) is 4.98 Å². The maximum absolute atomic E-state index is 6.08. The van der Waals surface area contributed by atoms with Crippen LogP contribution in [0.15, 0.2) is 48.5 Å². The highest BCUT2D eigenvalue weighted by molar-refractivity contribution is 5.78. The molecule has 0 unspecified atom stereocenters. The molecule has 0 spiro atoms. The summed E-state index contributed by atoms with van der Waals surface area (Å²) in [5.41, 5.74) is 8.76. The van der Waals surface area contributed by atoms with Crippen molar-refractivity contribution < 1.29 is 9.47 Å². The molecule has 2 aromatic heterocycles. The molecule has 0 saturated carbocycles. The number of anilines is 3. The summed E-state index contributed by atoms with van der Waals surface area (Å²) < 4.78 is 12.8. The molecule has 0 radical (unpaired) electrons. The van der Waals surface area contributed by atoms with Gasteiger partial charge in [-0.3, -0.25) is 4.57 Å². The first-order valence-corrected chi connectivity index (χ1v) is 8.99. The van der Waals surface area contributed by atoms with Crippen molar-refractivity contribution in [2.75, 3.05) is 17.8 Å². The van der Waals surface area contributed by atoms with Crippen LogP contribution in [0, 0.1) is 0 Å². The lowest BCUT2D eigenvalue weighted by Crippen LogP contribution is -2.08. The van der Waals surface area contributed by atoms with Crippen LogP contribution in [0.3, 0.4) is 0 Å². The zero-order chi connectivity index (χ0) is 19.1. The first-order valence-electron chi connectivity index (χ1n) is 8.99. The Hall–Kier alpha value is -3.81. The Balaban J connectivity index is 1.57. The summed E-state index contributed by atoms with van der Waals surface area (Å²) in [6.45, 7) is 2.29. The fraction of sp³-hybridized carbons (Fsp3) is 0.150. The van der Waals surface area contributed by atoms with Gasteiger partial charge in [0, 0.05) is 24.2 Å². The van der Waals surface area contributed by atoms with Crippen LogP contribution in [0.4, 0.5) is 17.5 Å². The Morgan fingerprint density at radius 1 is 1.04 bits per heavy atom. The Kier molecular flexibility index (Phi) is 3.75. The van der Waals surface area contributed by atoms with Gasteiger partial charge in [-0.15, -0.1) is 0 Å². The van der Waals surface area contributed by atoms with Gasteiger partial charge in [0.25, 0.3) is 0 Å². The first kappa shape index (κ1) is 16.4. The lowest BCUT2D eigenvalue weighted by molar-refractivity contribution is 0.174. The minimum atomic E-state index is 0.227. The Bertz CT molecular complexity index is 1190. The molecule has 0 bridgehead atoms. The van der Waals surface area contributed by atoms with E-state index in [0.717, 1.165) is 34.7 Å². The van der Waals surface area contributed by atoms with E-state index in [0.29, 0.717) is 23.3 Å². The maximum atomic E-state index is 6.08. The number of ether oxygens (including phenoxy) is 2. The number of aromatic nitrogens is 4. The molecule has 8 nitrogen and oxygen atoms in total. The summed E-state index contributed by atoms with van der Waals surface area (Å²) in [5.74, 6) is 3.75. The van der Waals surface area contributed by atoms with Crippen molar-refractivity contribution in [3.8, 4) is 17.3 Å². The van der Waals surface area contributed by atoms with E-state index in [2.05, 4.69) is 22.2 Å². The normalized spacial score (nSPS) is 12.5. The highest BCUT2D eigenvalue weighted by atomic mass is 16.7. The van der Waals surface area contributed by atoms with Crippen LogP contribution in [0.1, 0.15) is 12.7 Å². The number of hydrogen-bond acceptors (Lipinski definition) is 7. The Morgan fingerprint density at radius 2 is 1.89 bits per heavy atom. The van der Waals surface area contributed by atoms with E-state index >= 15 is 0 Å². The van der Waals surface area contributed by atoms with Gasteiger partial charge in [0.15, 0.2) is 11.5 Å². The molecule has 0 amide bonds. The summed E-state index contributed by atoms with van der Waals surface area (Å²) in [6.07, 6.45) is 0.767. The Morgan fingerprint density at radius 3 is 2.79 bits per heavy atom. The molecule has 0 atom stereocenters. The summed E-state index contributed by atoms with van der Waals surface area (Å²) >= 11 is 0. The van der Waals surface area contributed by atoms with Crippen molar-refractivity contribution >= 4 is 28.5 Å². The van der Waals surface area contributed by atoms with Crippen molar-refractivity contribution in [1.82, 2.24) is 19.5 Å². The number of nitrogens with zero attached hydrogens (tertiary/aromatic N) is 4. The third kappa shape index (κ3) is 2.75. The van der Waals surface area contributed by atoms with E-state index in [4.69, 9.17) is 20.2 Å². The number of fused-ring (bicyclic) bond motifs is 2. The van der Waals surface area contributed by atoms with E-state index in [1.807, 2.05) is 47.0 Å². The number of rotatable bonds is 4. The van der Waals surface area contributed by atoms with E-state index in [1.165, 1.54) is 0 Å². The molecule has 2 aromatic carbocycles. The van der Waals surface area contributed by atoms with Gasteiger partial charge in [0.1, 0.15) is 17.5 Å². The quantitative estimate of drug-likeness (QED) is 0.564. The molecule has 3 heterocycles. The van der Waals surface area contributed by atoms with E-state index in [9.17, 15) is 0 Å². The number of imidazole rings is 1. The number of aryl methyl sites for hydroxylation is 1. The van der Waals surface area contributed by atoms with Crippen LogP contribution < -0.4 is 20.5 Å². The highest BCUT2D eigenvalue weighted by Crippen LogP contribution is 2.35. The van der Waals surface area contributed by atoms with Crippen LogP contribution in [-0.4, -0.2) is 26.3 Å². The molecule has 0 saturated heterocycles. The van der Waals surface area contributed by atoms with Gasteiger partial charge in [0.05, 0.1) is 11.0 Å². The number of nitrogens with one attached hydrogen (secondary N) is 1. The minimum Gasteiger partial charge on any atom is -0.454 e. The monoisotopic (exact) mass is 374 g/mol. The summed E-state index contributed by atoms with van der Waals surface area (Å²) in [7, 11) is 0. The molecule has 140 valence electrons. The van der Waals surface area contributed by atoms with Crippen molar-refractivity contribution in [1.29, 1.82) is 0 Å². The second kappa shape index (κ2) is 6.41. The van der Waals surface area contributed by atoms with Crippen LogP contribution in [0.25, 0.3) is 16.9 Å². The zero-order valence-corrected chi connectivity index (χ0v) is 15.2. The number of nitrogens with two attached hydrogens (primary N) is 1. The zero-order valence-electron chi connectivity index (χ0n) is 15.2. The molecule has 28 heavy (non-hydrogen) atoms. The molecular weight excluding hydrogens is 356 g/mol.